The Balaban J connectivity index is 1.39. The van der Waals surface area contributed by atoms with E-state index in [1.54, 1.807) is 20.5 Å². The maximum atomic E-state index is 12.0. The third-order valence-electron chi connectivity index (χ3n) is 4.28. The van der Waals surface area contributed by atoms with E-state index in [1.165, 1.54) is 11.8 Å². The Hall–Kier alpha value is -2.93. The van der Waals surface area contributed by atoms with Crippen LogP contribution in [-0.4, -0.2) is 37.4 Å². The number of benzene rings is 2. The average molecular weight is 413 g/mol. The van der Waals surface area contributed by atoms with E-state index < -0.39 is 0 Å². The largest absolute Gasteiger partial charge is 0.497 e. The number of nitrogens with zero attached hydrogens (tertiary/aromatic N) is 1. The molecule has 2 aromatic carbocycles. The van der Waals surface area contributed by atoms with Crippen LogP contribution in [0.2, 0.25) is 0 Å². The third-order valence-corrected chi connectivity index (χ3v) is 5.25. The number of amides is 1. The Morgan fingerprint density at radius 1 is 1.10 bits per heavy atom. The standard InChI is InChI=1S/C22H24N2O4S/c1-26-19-9-7-17(8-10-19)22-24-18(13-28-22)14-29-15-21(25)23-12-11-16-5-3-4-6-20(16)27-2/h3-10,13H,11-12,14-15H2,1-2H3,(H,23,25). The lowest BCUT2D eigenvalue weighted by molar-refractivity contribution is -0.118. The van der Waals surface area contributed by atoms with Crippen molar-refractivity contribution in [2.45, 2.75) is 12.2 Å². The van der Waals surface area contributed by atoms with E-state index in [4.69, 9.17) is 13.9 Å². The summed E-state index contributed by atoms with van der Waals surface area (Å²) in [6.45, 7) is 0.575. The molecule has 1 aromatic heterocycles. The molecule has 0 fully saturated rings. The molecule has 0 aliphatic carbocycles. The number of oxazole rings is 1. The van der Waals surface area contributed by atoms with Gasteiger partial charge in [-0.3, -0.25) is 4.79 Å². The molecule has 29 heavy (non-hydrogen) atoms. The number of hydrogen-bond donors (Lipinski definition) is 1. The first-order valence-electron chi connectivity index (χ1n) is 9.24. The number of para-hydroxylation sites is 1. The number of carbonyl (C=O) groups excluding carboxylic acids is 1. The van der Waals surface area contributed by atoms with E-state index in [-0.39, 0.29) is 5.91 Å². The first-order valence-corrected chi connectivity index (χ1v) is 10.4. The van der Waals surface area contributed by atoms with Crippen LogP contribution in [0.1, 0.15) is 11.3 Å². The van der Waals surface area contributed by atoms with Gasteiger partial charge in [-0.25, -0.2) is 4.98 Å². The number of thioether (sulfide) groups is 1. The topological polar surface area (TPSA) is 73.6 Å². The van der Waals surface area contributed by atoms with Crippen molar-refractivity contribution in [2.24, 2.45) is 0 Å². The monoisotopic (exact) mass is 412 g/mol. The van der Waals surface area contributed by atoms with Crippen LogP contribution in [0.5, 0.6) is 11.5 Å². The van der Waals surface area contributed by atoms with Crippen LogP contribution in [-0.2, 0) is 17.0 Å². The van der Waals surface area contributed by atoms with Gasteiger partial charge in [0.1, 0.15) is 17.8 Å². The lowest BCUT2D eigenvalue weighted by atomic mass is 10.1. The minimum absolute atomic E-state index is 0.00349. The van der Waals surface area contributed by atoms with Gasteiger partial charge in [0.2, 0.25) is 11.8 Å². The molecular weight excluding hydrogens is 388 g/mol. The van der Waals surface area contributed by atoms with Crippen molar-refractivity contribution < 1.29 is 18.7 Å². The van der Waals surface area contributed by atoms with Crippen LogP contribution in [0.15, 0.2) is 59.2 Å². The fourth-order valence-corrected chi connectivity index (χ4v) is 3.52. The number of aromatic nitrogens is 1. The van der Waals surface area contributed by atoms with Crippen LogP contribution in [0.3, 0.4) is 0 Å². The predicted molar refractivity (Wildman–Crippen MR) is 114 cm³/mol. The van der Waals surface area contributed by atoms with Crippen molar-refractivity contribution in [3.63, 3.8) is 0 Å². The molecule has 0 spiro atoms. The van der Waals surface area contributed by atoms with Gasteiger partial charge in [0.25, 0.3) is 0 Å². The van der Waals surface area contributed by atoms with E-state index in [9.17, 15) is 4.79 Å². The molecule has 3 rings (SSSR count). The van der Waals surface area contributed by atoms with Gasteiger partial charge in [0, 0.05) is 17.9 Å². The second kappa shape index (κ2) is 10.6. The molecule has 0 bridgehead atoms. The summed E-state index contributed by atoms with van der Waals surface area (Å²) in [6, 6.07) is 15.4. The molecule has 1 N–H and O–H groups in total. The molecule has 6 nitrogen and oxygen atoms in total. The van der Waals surface area contributed by atoms with E-state index in [1.807, 2.05) is 48.5 Å². The van der Waals surface area contributed by atoms with E-state index >= 15 is 0 Å². The quantitative estimate of drug-likeness (QED) is 0.544. The van der Waals surface area contributed by atoms with E-state index in [0.29, 0.717) is 23.9 Å². The van der Waals surface area contributed by atoms with Crippen LogP contribution < -0.4 is 14.8 Å². The summed E-state index contributed by atoms with van der Waals surface area (Å²) >= 11 is 1.50. The van der Waals surface area contributed by atoms with Crippen molar-refractivity contribution in [2.75, 3.05) is 26.5 Å². The highest BCUT2D eigenvalue weighted by Crippen LogP contribution is 2.23. The zero-order chi connectivity index (χ0) is 20.5. The second-order valence-electron chi connectivity index (χ2n) is 6.28. The highest BCUT2D eigenvalue weighted by atomic mass is 32.2. The third kappa shape index (κ3) is 6.02. The van der Waals surface area contributed by atoms with Crippen LogP contribution in [0.25, 0.3) is 11.5 Å². The van der Waals surface area contributed by atoms with Crippen molar-refractivity contribution in [3.05, 3.63) is 66.1 Å². The van der Waals surface area contributed by atoms with Crippen molar-refractivity contribution in [1.82, 2.24) is 10.3 Å². The number of nitrogens with one attached hydrogen (secondary N) is 1. The SMILES string of the molecule is COc1ccc(-c2nc(CSCC(=O)NCCc3ccccc3OC)co2)cc1. The van der Waals surface area contributed by atoms with Crippen molar-refractivity contribution in [1.29, 1.82) is 0 Å². The van der Waals surface area contributed by atoms with Crippen molar-refractivity contribution in [3.8, 4) is 23.0 Å². The van der Waals surface area contributed by atoms with Gasteiger partial charge in [-0.1, -0.05) is 18.2 Å². The van der Waals surface area contributed by atoms with E-state index in [0.717, 1.165) is 34.7 Å². The van der Waals surface area contributed by atoms with Crippen molar-refractivity contribution >= 4 is 17.7 Å². The predicted octanol–water partition coefficient (Wildman–Crippen LogP) is 3.95. The minimum Gasteiger partial charge on any atom is -0.497 e. The summed E-state index contributed by atoms with van der Waals surface area (Å²) in [5, 5.41) is 2.94. The van der Waals surface area contributed by atoms with Gasteiger partial charge in [0.15, 0.2) is 0 Å². The molecule has 3 aromatic rings. The molecule has 0 unspecified atom stereocenters. The molecule has 0 aliphatic rings. The summed E-state index contributed by atoms with van der Waals surface area (Å²) in [7, 11) is 3.28. The van der Waals surface area contributed by atoms with Gasteiger partial charge in [-0.2, -0.15) is 0 Å². The summed E-state index contributed by atoms with van der Waals surface area (Å²) in [6.07, 6.45) is 2.36. The van der Waals surface area contributed by atoms with Crippen LogP contribution in [0.4, 0.5) is 0 Å². The zero-order valence-corrected chi connectivity index (χ0v) is 17.3. The molecule has 0 atom stereocenters. The van der Waals surface area contributed by atoms with Gasteiger partial charge in [-0.05, 0) is 42.3 Å². The smallest absolute Gasteiger partial charge is 0.230 e. The molecule has 152 valence electrons. The highest BCUT2D eigenvalue weighted by molar-refractivity contribution is 7.99. The zero-order valence-electron chi connectivity index (χ0n) is 16.5. The van der Waals surface area contributed by atoms with E-state index in [2.05, 4.69) is 10.3 Å². The number of carbonyl (C=O) groups is 1. The fourth-order valence-electron chi connectivity index (χ4n) is 2.78. The summed E-state index contributed by atoms with van der Waals surface area (Å²) < 4.78 is 16.0. The first kappa shape index (κ1) is 20.8. The molecule has 1 amide bonds. The summed E-state index contributed by atoms with van der Waals surface area (Å²) in [5.74, 6) is 3.17. The van der Waals surface area contributed by atoms with Gasteiger partial charge < -0.3 is 19.2 Å². The molecule has 0 saturated carbocycles. The maximum Gasteiger partial charge on any atom is 0.230 e. The molecular formula is C22H24N2O4S. The highest BCUT2D eigenvalue weighted by Gasteiger charge is 2.09. The average Bonchev–Trinajstić information content (AvgIpc) is 3.23. The fraction of sp³-hybridized carbons (Fsp3) is 0.273. The first-order chi connectivity index (χ1) is 14.2. The molecule has 0 aliphatic heterocycles. The number of methoxy groups -OCH3 is 2. The Bertz CT molecular complexity index is 925. The number of rotatable bonds is 10. The Morgan fingerprint density at radius 3 is 2.66 bits per heavy atom. The minimum atomic E-state index is 0.00349. The maximum absolute atomic E-state index is 12.0. The van der Waals surface area contributed by atoms with Crippen LogP contribution in [0, 0.1) is 0 Å². The molecule has 7 heteroatoms. The molecule has 0 radical (unpaired) electrons. The Labute approximate surface area is 174 Å². The molecule has 1 heterocycles. The lowest BCUT2D eigenvalue weighted by Crippen LogP contribution is -2.27. The molecule has 0 saturated heterocycles. The lowest BCUT2D eigenvalue weighted by Gasteiger charge is -2.09. The van der Waals surface area contributed by atoms with Gasteiger partial charge in [-0.15, -0.1) is 11.8 Å². The van der Waals surface area contributed by atoms with Crippen LogP contribution >= 0.6 is 11.8 Å². The number of ether oxygens (including phenoxy) is 2. The Kier molecular flexibility index (Phi) is 7.58. The van der Waals surface area contributed by atoms with Gasteiger partial charge >= 0.3 is 0 Å². The second-order valence-corrected chi connectivity index (χ2v) is 7.26. The number of hydrogen-bond acceptors (Lipinski definition) is 6. The summed E-state index contributed by atoms with van der Waals surface area (Å²) in [5.41, 5.74) is 2.77. The van der Waals surface area contributed by atoms with Gasteiger partial charge in [0.05, 0.1) is 25.7 Å². The Morgan fingerprint density at radius 2 is 1.90 bits per heavy atom. The normalized spacial score (nSPS) is 10.6. The summed E-state index contributed by atoms with van der Waals surface area (Å²) in [4.78, 5) is 16.5.